The first-order valence-corrected chi connectivity index (χ1v) is 5.60. The van der Waals surface area contributed by atoms with E-state index in [1.54, 1.807) is 12.1 Å². The Morgan fingerprint density at radius 2 is 1.89 bits per heavy atom. The fourth-order valence-electron chi connectivity index (χ4n) is 1.33. The van der Waals surface area contributed by atoms with Crippen LogP contribution in [0, 0.1) is 0 Å². The molecule has 0 aliphatic heterocycles. The van der Waals surface area contributed by atoms with Crippen LogP contribution in [0.15, 0.2) is 24.3 Å². The average Bonchev–Trinajstić information content (AvgIpc) is 2.41. The van der Waals surface area contributed by atoms with Gasteiger partial charge in [0, 0.05) is 17.7 Å². The van der Waals surface area contributed by atoms with Gasteiger partial charge in [-0.1, -0.05) is 0 Å². The summed E-state index contributed by atoms with van der Waals surface area (Å²) in [6.07, 6.45) is 2.27. The maximum absolute atomic E-state index is 12.1. The maximum atomic E-state index is 12.1. The van der Waals surface area contributed by atoms with Crippen molar-refractivity contribution in [2.24, 2.45) is 0 Å². The molecule has 0 bridgehead atoms. The fourth-order valence-corrected chi connectivity index (χ4v) is 1.33. The van der Waals surface area contributed by atoms with E-state index in [4.69, 9.17) is 14.6 Å². The molecule has 0 saturated carbocycles. The van der Waals surface area contributed by atoms with Gasteiger partial charge in [-0.3, -0.25) is 0 Å². The molecule has 0 aliphatic rings. The minimum absolute atomic E-state index is 0.0904. The van der Waals surface area contributed by atoms with E-state index in [-0.39, 0.29) is 19.0 Å². The summed E-state index contributed by atoms with van der Waals surface area (Å²) in [5.41, 5.74) is 0.475. The van der Waals surface area contributed by atoms with Crippen molar-refractivity contribution in [3.8, 4) is 11.5 Å². The molecule has 0 aromatic heterocycles. The number of benzene rings is 1. The number of hydrogen-bond acceptors (Lipinski definition) is 3. The van der Waals surface area contributed by atoms with Crippen LogP contribution in [0.25, 0.3) is 6.08 Å². The first-order chi connectivity index (χ1) is 9.17. The number of aliphatic carboxylic acids is 1. The normalized spacial score (nSPS) is 10.6. The van der Waals surface area contributed by atoms with Crippen LogP contribution in [0.3, 0.4) is 0 Å². The first-order valence-electron chi connectivity index (χ1n) is 5.60. The molecule has 0 spiro atoms. The summed E-state index contributed by atoms with van der Waals surface area (Å²) < 4.78 is 34.3. The highest BCUT2D eigenvalue weighted by atomic mass is 19.1. The van der Waals surface area contributed by atoms with Gasteiger partial charge in [0.05, 0.1) is 0 Å². The summed E-state index contributed by atoms with van der Waals surface area (Å²) in [6, 6.07) is 4.58. The predicted octanol–water partition coefficient (Wildman–Crippen LogP) is 2.48. The number of carboxylic acids is 1. The second kappa shape index (κ2) is 8.07. The minimum atomic E-state index is -1.10. The zero-order chi connectivity index (χ0) is 14.1. The molecular weight excluding hydrogens is 258 g/mol. The van der Waals surface area contributed by atoms with Crippen molar-refractivity contribution >= 4 is 12.0 Å². The third kappa shape index (κ3) is 5.37. The third-order valence-corrected chi connectivity index (χ3v) is 2.07. The summed E-state index contributed by atoms with van der Waals surface area (Å²) in [7, 11) is 0. The van der Waals surface area contributed by atoms with Gasteiger partial charge in [0.1, 0.15) is 38.1 Å². The quantitative estimate of drug-likeness (QED) is 0.739. The topological polar surface area (TPSA) is 55.8 Å². The van der Waals surface area contributed by atoms with E-state index in [2.05, 4.69) is 0 Å². The molecule has 1 aromatic carbocycles. The molecule has 4 nitrogen and oxygen atoms in total. The molecule has 0 radical (unpaired) electrons. The molecule has 0 atom stereocenters. The summed E-state index contributed by atoms with van der Waals surface area (Å²) in [4.78, 5) is 10.5. The Hall–Kier alpha value is -2.11. The Morgan fingerprint density at radius 3 is 2.53 bits per heavy atom. The van der Waals surface area contributed by atoms with Gasteiger partial charge in [0.25, 0.3) is 0 Å². The molecule has 0 heterocycles. The van der Waals surface area contributed by atoms with Crippen LogP contribution >= 0.6 is 0 Å². The van der Waals surface area contributed by atoms with Crippen molar-refractivity contribution in [3.63, 3.8) is 0 Å². The Labute approximate surface area is 109 Å². The second-order valence-electron chi connectivity index (χ2n) is 3.45. The van der Waals surface area contributed by atoms with Crippen LogP contribution in [0.2, 0.25) is 0 Å². The lowest BCUT2D eigenvalue weighted by atomic mass is 10.1. The Kier molecular flexibility index (Phi) is 6.35. The number of ether oxygens (including phenoxy) is 2. The average molecular weight is 272 g/mol. The number of hydrogen-bond donors (Lipinski definition) is 1. The van der Waals surface area contributed by atoms with E-state index in [1.807, 2.05) is 0 Å². The molecule has 0 saturated heterocycles. The maximum Gasteiger partial charge on any atom is 0.328 e. The molecule has 1 rings (SSSR count). The van der Waals surface area contributed by atoms with Gasteiger partial charge in [-0.15, -0.1) is 0 Å². The molecule has 104 valence electrons. The Balaban J connectivity index is 2.91. The first kappa shape index (κ1) is 14.9. The zero-order valence-corrected chi connectivity index (χ0v) is 10.1. The highest BCUT2D eigenvalue weighted by Crippen LogP contribution is 2.26. The number of carbonyl (C=O) groups is 1. The van der Waals surface area contributed by atoms with Gasteiger partial charge in [0.15, 0.2) is 0 Å². The highest BCUT2D eigenvalue weighted by Gasteiger charge is 2.05. The van der Waals surface area contributed by atoms with Crippen LogP contribution < -0.4 is 9.47 Å². The SMILES string of the molecule is O=C(O)/C=C/c1ccc(OCCF)cc1OCCF. The van der Waals surface area contributed by atoms with Gasteiger partial charge in [-0.05, 0) is 18.2 Å². The fraction of sp³-hybridized carbons (Fsp3) is 0.308. The predicted molar refractivity (Wildman–Crippen MR) is 66.1 cm³/mol. The lowest BCUT2D eigenvalue weighted by Crippen LogP contribution is -2.02. The van der Waals surface area contributed by atoms with Crippen molar-refractivity contribution < 1.29 is 28.2 Å². The van der Waals surface area contributed by atoms with Crippen LogP contribution in [0.5, 0.6) is 11.5 Å². The smallest absolute Gasteiger partial charge is 0.328 e. The molecule has 6 heteroatoms. The number of rotatable bonds is 8. The standard InChI is InChI=1S/C13H14F2O4/c14-5-7-18-11-3-1-10(2-4-13(16)17)12(9-11)19-8-6-15/h1-4,9H,5-8H2,(H,16,17)/b4-2+. The summed E-state index contributed by atoms with van der Waals surface area (Å²) in [6.45, 7) is -1.54. The Bertz CT molecular complexity index is 446. The van der Waals surface area contributed by atoms with E-state index in [0.717, 1.165) is 6.08 Å². The van der Waals surface area contributed by atoms with Crippen LogP contribution in [-0.4, -0.2) is 37.6 Å². The van der Waals surface area contributed by atoms with Crippen molar-refractivity contribution in [1.82, 2.24) is 0 Å². The van der Waals surface area contributed by atoms with Crippen LogP contribution in [0.4, 0.5) is 8.78 Å². The van der Waals surface area contributed by atoms with Crippen molar-refractivity contribution in [2.45, 2.75) is 0 Å². The van der Waals surface area contributed by atoms with Gasteiger partial charge in [-0.25, -0.2) is 13.6 Å². The molecule has 19 heavy (non-hydrogen) atoms. The van der Waals surface area contributed by atoms with Gasteiger partial charge in [-0.2, -0.15) is 0 Å². The van der Waals surface area contributed by atoms with Crippen molar-refractivity contribution in [3.05, 3.63) is 29.8 Å². The van der Waals surface area contributed by atoms with E-state index in [1.165, 1.54) is 12.1 Å². The summed E-state index contributed by atoms with van der Waals surface area (Å²) in [5.74, 6) is -0.445. The van der Waals surface area contributed by atoms with E-state index >= 15 is 0 Å². The molecule has 1 N–H and O–H groups in total. The molecular formula is C13H14F2O4. The molecule has 0 unspecified atom stereocenters. The Morgan fingerprint density at radius 1 is 1.21 bits per heavy atom. The van der Waals surface area contributed by atoms with Crippen molar-refractivity contribution in [1.29, 1.82) is 0 Å². The van der Waals surface area contributed by atoms with Crippen LogP contribution in [0.1, 0.15) is 5.56 Å². The molecule has 0 fully saturated rings. The third-order valence-electron chi connectivity index (χ3n) is 2.07. The van der Waals surface area contributed by atoms with Gasteiger partial charge < -0.3 is 14.6 Å². The van der Waals surface area contributed by atoms with E-state index < -0.39 is 19.3 Å². The number of carboxylic acid groups (broad SMARTS) is 1. The van der Waals surface area contributed by atoms with Gasteiger partial charge in [0.2, 0.25) is 0 Å². The zero-order valence-electron chi connectivity index (χ0n) is 10.1. The largest absolute Gasteiger partial charge is 0.491 e. The summed E-state index contributed by atoms with van der Waals surface area (Å²) >= 11 is 0. The lowest BCUT2D eigenvalue weighted by Gasteiger charge is -2.10. The number of alkyl halides is 2. The monoisotopic (exact) mass is 272 g/mol. The van der Waals surface area contributed by atoms with E-state index in [0.29, 0.717) is 11.3 Å². The second-order valence-corrected chi connectivity index (χ2v) is 3.45. The lowest BCUT2D eigenvalue weighted by molar-refractivity contribution is -0.131. The molecule has 0 amide bonds. The van der Waals surface area contributed by atoms with Gasteiger partial charge >= 0.3 is 5.97 Å². The summed E-state index contributed by atoms with van der Waals surface area (Å²) in [5, 5.41) is 8.56. The number of halogens is 2. The highest BCUT2D eigenvalue weighted by molar-refractivity contribution is 5.86. The van der Waals surface area contributed by atoms with E-state index in [9.17, 15) is 13.6 Å². The van der Waals surface area contributed by atoms with Crippen LogP contribution in [-0.2, 0) is 4.79 Å². The minimum Gasteiger partial charge on any atom is -0.491 e. The molecule has 1 aromatic rings. The molecule has 0 aliphatic carbocycles. The van der Waals surface area contributed by atoms with Crippen molar-refractivity contribution in [2.75, 3.05) is 26.6 Å².